The van der Waals surface area contributed by atoms with Crippen molar-refractivity contribution in [1.82, 2.24) is 9.38 Å². The van der Waals surface area contributed by atoms with E-state index in [-0.39, 0.29) is 17.8 Å². The second kappa shape index (κ2) is 6.08. The maximum Gasteiger partial charge on any atom is 0.435 e. The molecule has 0 radical (unpaired) electrons. The first kappa shape index (κ1) is 16.2. The normalized spacial score (nSPS) is 12.3. The van der Waals surface area contributed by atoms with Gasteiger partial charge in [0.2, 0.25) is 0 Å². The zero-order valence-electron chi connectivity index (χ0n) is 12.0. The number of pyridine rings is 1. The van der Waals surface area contributed by atoms with Crippen molar-refractivity contribution in [2.45, 2.75) is 12.6 Å². The average molecular weight is 353 g/mol. The number of imidazole rings is 1. The molecule has 5 nitrogen and oxygen atoms in total. The molecule has 0 saturated heterocycles. The van der Waals surface area contributed by atoms with Gasteiger partial charge in [-0.15, -0.1) is 11.3 Å². The lowest BCUT2D eigenvalue weighted by atomic mass is 10.3. The fourth-order valence-corrected chi connectivity index (χ4v) is 3.01. The maximum atomic E-state index is 13.2. The first-order valence-corrected chi connectivity index (χ1v) is 7.61. The highest BCUT2D eigenvalue weighted by atomic mass is 32.1. The lowest BCUT2D eigenvalue weighted by Gasteiger charge is -2.04. The summed E-state index contributed by atoms with van der Waals surface area (Å²) in [5.74, 6) is -1.03. The molecular weight excluding hydrogens is 343 g/mol. The van der Waals surface area contributed by atoms with Crippen molar-refractivity contribution in [3.63, 3.8) is 0 Å². The van der Waals surface area contributed by atoms with Crippen molar-refractivity contribution in [3.05, 3.63) is 52.1 Å². The number of carboxylic acid groups (broad SMARTS) is 1. The summed E-state index contributed by atoms with van der Waals surface area (Å²) in [6.45, 7) is 0. The van der Waals surface area contributed by atoms with Crippen molar-refractivity contribution in [1.29, 1.82) is 0 Å². The van der Waals surface area contributed by atoms with Gasteiger partial charge in [0, 0.05) is 11.1 Å². The van der Waals surface area contributed by atoms with E-state index >= 15 is 0 Å². The second-order valence-electron chi connectivity index (χ2n) is 4.83. The molecule has 3 heterocycles. The van der Waals surface area contributed by atoms with E-state index in [1.165, 1.54) is 28.0 Å². The van der Waals surface area contributed by atoms with Crippen molar-refractivity contribution in [2.75, 3.05) is 0 Å². The molecule has 1 N–H and O–H groups in total. The summed E-state index contributed by atoms with van der Waals surface area (Å²) in [6, 6.07) is 6.21. The Morgan fingerprint density at radius 1 is 1.38 bits per heavy atom. The number of fused-ring (bicyclic) bond motifs is 1. The van der Waals surface area contributed by atoms with Gasteiger partial charge in [-0.1, -0.05) is 6.07 Å². The third-order valence-electron chi connectivity index (χ3n) is 3.19. The highest BCUT2D eigenvalue weighted by Gasteiger charge is 2.37. The van der Waals surface area contributed by atoms with Gasteiger partial charge < -0.3 is 5.11 Å². The SMILES string of the molecule is O=C(O)Cc1sccc1N=Cc1c(C(F)(F)F)nc2ccccn12. The molecule has 0 aliphatic rings. The Hall–Kier alpha value is -2.68. The summed E-state index contributed by atoms with van der Waals surface area (Å²) in [4.78, 5) is 18.9. The Morgan fingerprint density at radius 3 is 2.88 bits per heavy atom. The highest BCUT2D eigenvalue weighted by molar-refractivity contribution is 7.10. The molecule has 3 aromatic heterocycles. The van der Waals surface area contributed by atoms with Gasteiger partial charge in [-0.25, -0.2) is 4.98 Å². The molecule has 0 aliphatic heterocycles. The van der Waals surface area contributed by atoms with Crippen LogP contribution in [-0.2, 0) is 17.4 Å². The first-order valence-electron chi connectivity index (χ1n) is 6.73. The van der Waals surface area contributed by atoms with Crippen LogP contribution in [0.4, 0.5) is 18.9 Å². The van der Waals surface area contributed by atoms with Crippen LogP contribution in [0, 0.1) is 0 Å². The summed E-state index contributed by atoms with van der Waals surface area (Å²) in [5, 5.41) is 10.5. The van der Waals surface area contributed by atoms with Crippen molar-refractivity contribution in [3.8, 4) is 0 Å². The maximum absolute atomic E-state index is 13.2. The molecule has 3 rings (SSSR count). The quantitative estimate of drug-likeness (QED) is 0.726. The molecule has 0 unspecified atom stereocenters. The van der Waals surface area contributed by atoms with Gasteiger partial charge >= 0.3 is 12.1 Å². The molecular formula is C15H10F3N3O2S. The average Bonchev–Trinajstić information content (AvgIpc) is 3.08. The van der Waals surface area contributed by atoms with Crippen LogP contribution in [0.5, 0.6) is 0 Å². The Labute approximate surface area is 137 Å². The van der Waals surface area contributed by atoms with E-state index in [2.05, 4.69) is 9.98 Å². The minimum Gasteiger partial charge on any atom is -0.481 e. The van der Waals surface area contributed by atoms with Gasteiger partial charge in [0.1, 0.15) is 5.65 Å². The highest BCUT2D eigenvalue weighted by Crippen LogP contribution is 2.32. The number of halogens is 3. The van der Waals surface area contributed by atoms with Crippen LogP contribution in [-0.4, -0.2) is 26.7 Å². The van der Waals surface area contributed by atoms with Crippen LogP contribution < -0.4 is 0 Å². The fourth-order valence-electron chi connectivity index (χ4n) is 2.20. The molecule has 3 aromatic rings. The number of rotatable bonds is 4. The van der Waals surface area contributed by atoms with Crippen LogP contribution in [0.2, 0.25) is 0 Å². The topological polar surface area (TPSA) is 67.0 Å². The summed E-state index contributed by atoms with van der Waals surface area (Å²) in [7, 11) is 0. The minimum atomic E-state index is -4.62. The van der Waals surface area contributed by atoms with Crippen molar-refractivity contribution >= 4 is 34.9 Å². The van der Waals surface area contributed by atoms with Crippen LogP contribution in [0.1, 0.15) is 16.3 Å². The Morgan fingerprint density at radius 2 is 2.17 bits per heavy atom. The van der Waals surface area contributed by atoms with E-state index in [1.54, 1.807) is 23.6 Å². The van der Waals surface area contributed by atoms with Crippen LogP contribution >= 0.6 is 11.3 Å². The summed E-state index contributed by atoms with van der Waals surface area (Å²) in [5.41, 5.74) is -0.748. The van der Waals surface area contributed by atoms with E-state index in [9.17, 15) is 18.0 Å². The zero-order valence-corrected chi connectivity index (χ0v) is 12.8. The molecule has 0 spiro atoms. The lowest BCUT2D eigenvalue weighted by molar-refractivity contribution is -0.141. The molecule has 0 aliphatic carbocycles. The molecule has 9 heteroatoms. The number of nitrogens with zero attached hydrogens (tertiary/aromatic N) is 3. The predicted molar refractivity (Wildman–Crippen MR) is 83.1 cm³/mol. The number of carbonyl (C=O) groups is 1. The summed E-state index contributed by atoms with van der Waals surface area (Å²) in [6.07, 6.45) is -2.32. The van der Waals surface area contributed by atoms with Gasteiger partial charge in [-0.2, -0.15) is 13.2 Å². The number of aliphatic carboxylic acids is 1. The molecule has 124 valence electrons. The lowest BCUT2D eigenvalue weighted by Crippen LogP contribution is -2.09. The smallest absolute Gasteiger partial charge is 0.435 e. The van der Waals surface area contributed by atoms with Gasteiger partial charge in [-0.05, 0) is 23.6 Å². The monoisotopic (exact) mass is 353 g/mol. The fraction of sp³-hybridized carbons (Fsp3) is 0.133. The van der Waals surface area contributed by atoms with Crippen LogP contribution in [0.25, 0.3) is 5.65 Å². The molecule has 0 atom stereocenters. The largest absolute Gasteiger partial charge is 0.481 e. The third kappa shape index (κ3) is 3.16. The summed E-state index contributed by atoms with van der Waals surface area (Å²) >= 11 is 1.19. The third-order valence-corrected chi connectivity index (χ3v) is 4.11. The minimum absolute atomic E-state index is 0.155. The number of aromatic nitrogens is 2. The van der Waals surface area contributed by atoms with Crippen molar-refractivity contribution < 1.29 is 23.1 Å². The first-order chi connectivity index (χ1) is 11.4. The van der Waals surface area contributed by atoms with E-state index in [0.29, 0.717) is 10.6 Å². The van der Waals surface area contributed by atoms with Crippen LogP contribution in [0.3, 0.4) is 0 Å². The number of hydrogen-bond donors (Lipinski definition) is 1. The molecule has 0 bridgehead atoms. The second-order valence-corrected chi connectivity index (χ2v) is 5.83. The van der Waals surface area contributed by atoms with E-state index in [0.717, 1.165) is 6.21 Å². The molecule has 0 saturated carbocycles. The number of hydrogen-bond acceptors (Lipinski definition) is 4. The molecule has 0 aromatic carbocycles. The predicted octanol–water partition coefficient (Wildman–Crippen LogP) is 3.79. The van der Waals surface area contributed by atoms with Crippen molar-refractivity contribution in [2.24, 2.45) is 4.99 Å². The Kier molecular flexibility index (Phi) is 4.10. The number of alkyl halides is 3. The van der Waals surface area contributed by atoms with E-state index < -0.39 is 17.8 Å². The van der Waals surface area contributed by atoms with Gasteiger partial charge in [-0.3, -0.25) is 14.2 Å². The Bertz CT molecular complexity index is 928. The van der Waals surface area contributed by atoms with Gasteiger partial charge in [0.25, 0.3) is 0 Å². The van der Waals surface area contributed by atoms with E-state index in [1.807, 2.05) is 0 Å². The van der Waals surface area contributed by atoms with Crippen LogP contribution in [0.15, 0.2) is 40.8 Å². The standard InChI is InChI=1S/C15H10F3N3O2S/c16-15(17,18)14-10(21-5-2-1-3-12(21)20-14)8-19-9-4-6-24-11(9)7-13(22)23/h1-6,8H,7H2,(H,22,23). The van der Waals surface area contributed by atoms with E-state index in [4.69, 9.17) is 5.11 Å². The van der Waals surface area contributed by atoms with Gasteiger partial charge in [0.15, 0.2) is 5.69 Å². The van der Waals surface area contributed by atoms with Gasteiger partial charge in [0.05, 0.1) is 24.0 Å². The number of thiophene rings is 1. The molecule has 0 amide bonds. The number of aliphatic imine (C=N–C) groups is 1. The summed E-state index contributed by atoms with van der Waals surface area (Å²) < 4.78 is 40.9. The Balaban J connectivity index is 2.07. The zero-order chi connectivity index (χ0) is 17.3. The number of carboxylic acids is 1. The molecule has 0 fully saturated rings. The molecule has 24 heavy (non-hydrogen) atoms.